The summed E-state index contributed by atoms with van der Waals surface area (Å²) in [6.45, 7) is 4.65. The van der Waals surface area contributed by atoms with Crippen molar-refractivity contribution in [3.8, 4) is 39.2 Å². The number of para-hydroxylation sites is 1. The molecule has 11 aromatic rings. The first kappa shape index (κ1) is 36.3. The molecule has 0 aliphatic heterocycles. The van der Waals surface area contributed by atoms with Crippen LogP contribution in [0.1, 0.15) is 38.8 Å². The predicted molar refractivity (Wildman–Crippen MR) is 277 cm³/mol. The number of anilines is 3. The molecule has 0 amide bonds. The Bertz CT molecular complexity index is 3720. The molecule has 2 nitrogen and oxygen atoms in total. The molecule has 65 heavy (non-hydrogen) atoms. The van der Waals surface area contributed by atoms with Crippen LogP contribution in [-0.2, 0) is 5.41 Å². The van der Waals surface area contributed by atoms with E-state index in [1.165, 1.54) is 38.4 Å². The largest absolute Gasteiger partial charge is 0.310 e. The van der Waals surface area contributed by atoms with Gasteiger partial charge in [-0.15, -0.1) is 0 Å². The smallest absolute Gasteiger partial charge is 0.0629 e. The summed E-state index contributed by atoms with van der Waals surface area (Å²) in [4.78, 5) is 2.29. The second kappa shape index (κ2) is 15.6. The van der Waals surface area contributed by atoms with E-state index in [-0.39, 0.29) is 17.5 Å². The van der Waals surface area contributed by atoms with Crippen molar-refractivity contribution in [1.82, 2.24) is 4.57 Å². The monoisotopic (exact) mass is 832 g/mol. The fourth-order valence-corrected chi connectivity index (χ4v) is 10.3. The van der Waals surface area contributed by atoms with Gasteiger partial charge in [0.05, 0.1) is 19.6 Å². The van der Waals surface area contributed by atoms with E-state index in [0.29, 0.717) is 11.1 Å². The Balaban J connectivity index is 1.01. The van der Waals surface area contributed by atoms with E-state index >= 15 is 0 Å². The number of hydrogen-bond donors (Lipinski definition) is 0. The Morgan fingerprint density at radius 1 is 0.446 bits per heavy atom. The van der Waals surface area contributed by atoms with Crippen molar-refractivity contribution in [3.05, 3.63) is 253 Å². The highest BCUT2D eigenvalue weighted by Gasteiger charge is 2.36. The van der Waals surface area contributed by atoms with Gasteiger partial charge in [-0.05, 0) is 109 Å². The zero-order chi connectivity index (χ0) is 45.2. The van der Waals surface area contributed by atoms with Crippen molar-refractivity contribution in [1.29, 1.82) is 0 Å². The third kappa shape index (κ3) is 6.49. The predicted octanol–water partition coefficient (Wildman–Crippen LogP) is 17.2. The van der Waals surface area contributed by atoms with Crippen LogP contribution < -0.4 is 4.90 Å². The maximum absolute atomic E-state index is 9.67. The van der Waals surface area contributed by atoms with E-state index < -0.39 is 0 Å². The number of nitrogens with zero attached hydrogens (tertiary/aromatic N) is 2. The van der Waals surface area contributed by atoms with Crippen molar-refractivity contribution in [2.45, 2.75) is 19.3 Å². The van der Waals surface area contributed by atoms with Crippen molar-refractivity contribution in [3.63, 3.8) is 0 Å². The molecular formula is C63H46N2. The van der Waals surface area contributed by atoms with Crippen LogP contribution in [0.15, 0.2) is 231 Å². The number of aromatic nitrogens is 1. The van der Waals surface area contributed by atoms with Gasteiger partial charge >= 0.3 is 0 Å². The van der Waals surface area contributed by atoms with Gasteiger partial charge in [0.25, 0.3) is 0 Å². The van der Waals surface area contributed by atoms with Crippen LogP contribution in [0.25, 0.3) is 83.8 Å². The average molecular weight is 833 g/mol. The molecule has 0 atom stereocenters. The highest BCUT2D eigenvalue weighted by Crippen LogP contribution is 2.51. The van der Waals surface area contributed by atoms with Gasteiger partial charge in [-0.1, -0.05) is 208 Å². The van der Waals surface area contributed by atoms with Gasteiger partial charge in [-0.3, -0.25) is 0 Å². The molecular weight excluding hydrogens is 785 g/mol. The Hall–Kier alpha value is -8.20. The summed E-state index contributed by atoms with van der Waals surface area (Å²) in [5.74, 6) is 0. The first-order valence-corrected chi connectivity index (χ1v) is 22.4. The van der Waals surface area contributed by atoms with Crippen LogP contribution in [0, 0.1) is 0 Å². The fourth-order valence-electron chi connectivity index (χ4n) is 10.3. The summed E-state index contributed by atoms with van der Waals surface area (Å²) in [7, 11) is 0. The van der Waals surface area contributed by atoms with Gasteiger partial charge in [0, 0.05) is 38.8 Å². The van der Waals surface area contributed by atoms with Crippen LogP contribution in [0.2, 0.25) is 0 Å². The third-order valence-corrected chi connectivity index (χ3v) is 13.4. The van der Waals surface area contributed by atoms with E-state index in [9.17, 15) is 2.74 Å². The summed E-state index contributed by atoms with van der Waals surface area (Å²) in [5.41, 5.74) is 15.9. The summed E-state index contributed by atoms with van der Waals surface area (Å²) in [6, 6.07) is 81.6. The molecule has 0 radical (unpaired) electrons. The molecule has 2 heteroatoms. The number of hydrogen-bond acceptors (Lipinski definition) is 1. The quantitative estimate of drug-likeness (QED) is 0.109. The topological polar surface area (TPSA) is 8.17 Å². The Labute approximate surface area is 383 Å². The van der Waals surface area contributed by atoms with E-state index in [2.05, 4.69) is 230 Å². The molecule has 0 bridgehead atoms. The Morgan fingerprint density at radius 2 is 1.03 bits per heavy atom. The molecule has 0 spiro atoms. The normalized spacial score (nSPS) is 13.6. The highest BCUT2D eigenvalue weighted by molar-refractivity contribution is 6.14. The van der Waals surface area contributed by atoms with Crippen LogP contribution >= 0.6 is 0 Å². The first-order valence-electron chi connectivity index (χ1n) is 23.4. The van der Waals surface area contributed by atoms with Gasteiger partial charge in [-0.2, -0.15) is 0 Å². The van der Waals surface area contributed by atoms with Crippen LogP contribution in [0.4, 0.5) is 17.1 Å². The SMILES string of the molecule is [2H]/C(=C(/[2H])c1ccc2c(-c3ccccc3)c(-c3ccccc3)n(-c3ccc4c(c3)C(C)(C)c3ccccc3-4)c2c1)c1ccc(N(c2ccccc2)c2cc3ccccc3c3ccccc23)cc1. The van der Waals surface area contributed by atoms with E-state index in [1.54, 1.807) is 0 Å². The molecule has 1 aromatic heterocycles. The van der Waals surface area contributed by atoms with Gasteiger partial charge in [0.1, 0.15) is 0 Å². The minimum absolute atomic E-state index is 0.162. The molecule has 0 unspecified atom stereocenters. The Morgan fingerprint density at radius 3 is 1.80 bits per heavy atom. The van der Waals surface area contributed by atoms with Crippen LogP contribution in [-0.4, -0.2) is 4.57 Å². The zero-order valence-electron chi connectivity index (χ0n) is 38.3. The second-order valence-corrected chi connectivity index (χ2v) is 17.6. The van der Waals surface area contributed by atoms with Crippen molar-refractivity contribution in [2.24, 2.45) is 0 Å². The average Bonchev–Trinajstić information content (AvgIpc) is 3.85. The Kier molecular flexibility index (Phi) is 8.69. The van der Waals surface area contributed by atoms with Crippen LogP contribution in [0.5, 0.6) is 0 Å². The summed E-state index contributed by atoms with van der Waals surface area (Å²) in [5, 5.41) is 5.83. The third-order valence-electron chi connectivity index (χ3n) is 13.4. The maximum atomic E-state index is 9.67. The minimum atomic E-state index is -0.181. The lowest BCUT2D eigenvalue weighted by Crippen LogP contribution is -2.15. The molecule has 0 N–H and O–H groups in total. The first-order chi connectivity index (χ1) is 32.8. The van der Waals surface area contributed by atoms with E-state index in [1.807, 2.05) is 24.3 Å². The lowest BCUT2D eigenvalue weighted by Gasteiger charge is -2.27. The van der Waals surface area contributed by atoms with E-state index in [4.69, 9.17) is 0 Å². The van der Waals surface area contributed by atoms with Crippen molar-refractivity contribution < 1.29 is 2.74 Å². The molecule has 0 saturated heterocycles. The standard InChI is InChI=1S/C63H46N2/c1-63(2)57-29-17-16-27-53(57)54-39-37-50(42-58(54)63)65-59-40-44(34-38-56(59)61(45-18-6-3-7-19-45)62(65)46-20-8-4-9-21-46)31-30-43-32-35-49(36-33-43)64(48-23-10-5-11-24-48)60-41-47-22-12-13-25-51(47)52-26-14-15-28-55(52)60/h3-42H,1-2H3/b31-30+/i30D,31D. The van der Waals surface area contributed by atoms with Gasteiger partial charge in [0.15, 0.2) is 0 Å². The van der Waals surface area contributed by atoms with Crippen molar-refractivity contribution in [2.75, 3.05) is 4.90 Å². The second-order valence-electron chi connectivity index (χ2n) is 17.6. The molecule has 1 heterocycles. The molecule has 0 fully saturated rings. The summed E-state index contributed by atoms with van der Waals surface area (Å²) in [6.07, 6.45) is 0. The van der Waals surface area contributed by atoms with Gasteiger partial charge in [-0.25, -0.2) is 0 Å². The molecule has 10 aromatic carbocycles. The molecule has 308 valence electrons. The number of rotatable bonds is 8. The van der Waals surface area contributed by atoms with Gasteiger partial charge in [0.2, 0.25) is 0 Å². The molecule has 1 aliphatic rings. The lowest BCUT2D eigenvalue weighted by atomic mass is 9.82. The molecule has 12 rings (SSSR count). The fraction of sp³-hybridized carbons (Fsp3) is 0.0476. The minimum Gasteiger partial charge on any atom is -0.310 e. The number of fused-ring (bicyclic) bond motifs is 7. The zero-order valence-corrected chi connectivity index (χ0v) is 36.3. The molecule has 1 aliphatic carbocycles. The maximum Gasteiger partial charge on any atom is 0.0629 e. The lowest BCUT2D eigenvalue weighted by molar-refractivity contribution is 0.660. The van der Waals surface area contributed by atoms with Gasteiger partial charge < -0.3 is 9.47 Å². The highest BCUT2D eigenvalue weighted by atomic mass is 15.1. The van der Waals surface area contributed by atoms with E-state index in [0.717, 1.165) is 61.4 Å². The number of benzene rings is 10. The van der Waals surface area contributed by atoms with Crippen molar-refractivity contribution >= 4 is 61.6 Å². The molecule has 0 saturated carbocycles. The van der Waals surface area contributed by atoms with Crippen LogP contribution in [0.3, 0.4) is 0 Å². The summed E-state index contributed by atoms with van der Waals surface area (Å²) >= 11 is 0. The summed E-state index contributed by atoms with van der Waals surface area (Å²) < 4.78 is 21.6.